The minimum atomic E-state index is -0.128. The van der Waals surface area contributed by atoms with Crippen molar-refractivity contribution in [2.45, 2.75) is 76.9 Å². The van der Waals surface area contributed by atoms with E-state index in [1.807, 2.05) is 14.2 Å². The van der Waals surface area contributed by atoms with E-state index in [1.54, 1.807) is 5.57 Å². The van der Waals surface area contributed by atoms with Crippen molar-refractivity contribution in [3.8, 4) is 0 Å². The van der Waals surface area contributed by atoms with Gasteiger partial charge in [0.1, 0.15) is 0 Å². The molecule has 4 aliphatic rings. The van der Waals surface area contributed by atoms with Gasteiger partial charge in [0.05, 0.1) is 12.2 Å². The van der Waals surface area contributed by atoms with Crippen molar-refractivity contribution in [3.05, 3.63) is 11.6 Å². The second-order valence-electron chi connectivity index (χ2n) is 9.48. The van der Waals surface area contributed by atoms with E-state index in [0.717, 1.165) is 50.0 Å². The summed E-state index contributed by atoms with van der Waals surface area (Å²) in [5.74, 6) is 2.39. The van der Waals surface area contributed by atoms with Crippen LogP contribution in [-0.4, -0.2) is 38.1 Å². The molecule has 0 unspecified atom stereocenters. The van der Waals surface area contributed by atoms with E-state index < -0.39 is 0 Å². The largest absolute Gasteiger partial charge is 0.393 e. The summed E-state index contributed by atoms with van der Waals surface area (Å²) in [7, 11) is 3.74. The standard InChI is InChI=1S/C22H36O3/c1-21-10-9-19-17(18(21)6-7-20(21)25-3)5-4-15-14-16(23)8-11-22(15,19)12-13-24-2/h4,16-20,23H,5-14H2,1-3H3/t16-,17-,18-,19-,20-,21-,22+/m0/s1. The molecular weight excluding hydrogens is 312 g/mol. The summed E-state index contributed by atoms with van der Waals surface area (Å²) in [6.45, 7) is 3.35. The van der Waals surface area contributed by atoms with Crippen LogP contribution in [0.3, 0.4) is 0 Å². The number of aliphatic hydroxyl groups excluding tert-OH is 1. The maximum absolute atomic E-state index is 10.3. The summed E-state index contributed by atoms with van der Waals surface area (Å²) in [5, 5.41) is 10.3. The lowest BCUT2D eigenvalue weighted by Crippen LogP contribution is -2.52. The fraction of sp³-hybridized carbons (Fsp3) is 0.909. The molecule has 4 rings (SSSR count). The molecule has 0 bridgehead atoms. The summed E-state index contributed by atoms with van der Waals surface area (Å²) >= 11 is 0. The van der Waals surface area contributed by atoms with Gasteiger partial charge in [-0.25, -0.2) is 0 Å². The number of hydrogen-bond acceptors (Lipinski definition) is 3. The average molecular weight is 349 g/mol. The van der Waals surface area contributed by atoms with E-state index >= 15 is 0 Å². The van der Waals surface area contributed by atoms with E-state index in [4.69, 9.17) is 9.47 Å². The minimum Gasteiger partial charge on any atom is -0.393 e. The molecule has 0 heterocycles. The van der Waals surface area contributed by atoms with E-state index in [9.17, 15) is 5.11 Å². The third-order valence-corrected chi connectivity index (χ3v) is 8.75. The number of methoxy groups -OCH3 is 2. The SMILES string of the molecule is COCC[C@]12CC[C@H](O)CC1=CC[C@@H]1[C@@H]2CC[C@]2(C)[C@@H](OC)CC[C@@H]12. The van der Waals surface area contributed by atoms with Crippen molar-refractivity contribution >= 4 is 0 Å². The van der Waals surface area contributed by atoms with Gasteiger partial charge in [-0.2, -0.15) is 0 Å². The van der Waals surface area contributed by atoms with Gasteiger partial charge >= 0.3 is 0 Å². The fourth-order valence-corrected chi connectivity index (χ4v) is 7.53. The van der Waals surface area contributed by atoms with Gasteiger partial charge in [-0.3, -0.25) is 0 Å². The summed E-state index contributed by atoms with van der Waals surface area (Å²) < 4.78 is 11.4. The van der Waals surface area contributed by atoms with E-state index in [0.29, 0.717) is 16.9 Å². The van der Waals surface area contributed by atoms with Crippen molar-refractivity contribution in [3.63, 3.8) is 0 Å². The van der Waals surface area contributed by atoms with E-state index in [1.165, 1.54) is 32.1 Å². The minimum absolute atomic E-state index is 0.128. The second kappa shape index (κ2) is 6.65. The summed E-state index contributed by atoms with van der Waals surface area (Å²) in [6, 6.07) is 0. The maximum Gasteiger partial charge on any atom is 0.0627 e. The Kier molecular flexibility index (Phi) is 4.79. The monoisotopic (exact) mass is 348 g/mol. The molecule has 0 radical (unpaired) electrons. The van der Waals surface area contributed by atoms with Gasteiger partial charge in [-0.1, -0.05) is 18.6 Å². The maximum atomic E-state index is 10.3. The molecule has 142 valence electrons. The molecule has 7 atom stereocenters. The van der Waals surface area contributed by atoms with Crippen LogP contribution in [-0.2, 0) is 9.47 Å². The fourth-order valence-electron chi connectivity index (χ4n) is 7.53. The lowest BCUT2D eigenvalue weighted by Gasteiger charge is -2.59. The van der Waals surface area contributed by atoms with Crippen LogP contribution in [0, 0.1) is 28.6 Å². The zero-order valence-electron chi connectivity index (χ0n) is 16.3. The number of allylic oxidation sites excluding steroid dienone is 1. The number of fused-ring (bicyclic) bond motifs is 5. The molecule has 0 amide bonds. The molecule has 0 saturated heterocycles. The lowest BCUT2D eigenvalue weighted by atomic mass is 9.46. The van der Waals surface area contributed by atoms with Crippen LogP contribution < -0.4 is 0 Å². The van der Waals surface area contributed by atoms with Gasteiger partial charge in [0, 0.05) is 20.8 Å². The van der Waals surface area contributed by atoms with Crippen molar-refractivity contribution in [1.82, 2.24) is 0 Å². The number of aliphatic hydroxyl groups is 1. The Hall–Kier alpha value is -0.380. The highest BCUT2D eigenvalue weighted by molar-refractivity contribution is 5.26. The molecule has 3 saturated carbocycles. The molecule has 3 nitrogen and oxygen atoms in total. The molecule has 3 fully saturated rings. The lowest BCUT2D eigenvalue weighted by molar-refractivity contribution is -0.0908. The normalized spacial score (nSPS) is 49.1. The van der Waals surface area contributed by atoms with Gasteiger partial charge in [0.2, 0.25) is 0 Å². The quantitative estimate of drug-likeness (QED) is 0.768. The number of hydrogen-bond donors (Lipinski definition) is 1. The Labute approximate surface area is 153 Å². The Morgan fingerprint density at radius 3 is 2.72 bits per heavy atom. The van der Waals surface area contributed by atoms with E-state index in [-0.39, 0.29) is 6.10 Å². The molecule has 0 aromatic rings. The highest BCUT2D eigenvalue weighted by atomic mass is 16.5. The molecule has 0 aromatic carbocycles. The second-order valence-corrected chi connectivity index (χ2v) is 9.48. The van der Waals surface area contributed by atoms with Crippen molar-refractivity contribution < 1.29 is 14.6 Å². The van der Waals surface area contributed by atoms with Crippen molar-refractivity contribution in [2.24, 2.45) is 28.6 Å². The molecule has 0 aromatic heterocycles. The summed E-state index contributed by atoms with van der Waals surface area (Å²) in [5.41, 5.74) is 2.23. The highest BCUT2D eigenvalue weighted by Crippen LogP contribution is 2.66. The van der Waals surface area contributed by atoms with Gasteiger partial charge in [0.15, 0.2) is 0 Å². The topological polar surface area (TPSA) is 38.7 Å². The van der Waals surface area contributed by atoms with Crippen LogP contribution in [0.4, 0.5) is 0 Å². The van der Waals surface area contributed by atoms with Crippen LogP contribution in [0.2, 0.25) is 0 Å². The van der Waals surface area contributed by atoms with Gasteiger partial charge in [0.25, 0.3) is 0 Å². The zero-order valence-corrected chi connectivity index (χ0v) is 16.3. The number of rotatable bonds is 4. The average Bonchev–Trinajstić information content (AvgIpc) is 2.96. The number of ether oxygens (including phenoxy) is 2. The molecule has 1 N–H and O–H groups in total. The third kappa shape index (κ3) is 2.64. The van der Waals surface area contributed by atoms with Crippen molar-refractivity contribution in [2.75, 3.05) is 20.8 Å². The smallest absolute Gasteiger partial charge is 0.0627 e. The van der Waals surface area contributed by atoms with Gasteiger partial charge in [-0.15, -0.1) is 0 Å². The Morgan fingerprint density at radius 2 is 1.96 bits per heavy atom. The van der Waals surface area contributed by atoms with Crippen molar-refractivity contribution in [1.29, 1.82) is 0 Å². The molecule has 0 aliphatic heterocycles. The molecule has 4 aliphatic carbocycles. The van der Waals surface area contributed by atoms with Crippen LogP contribution in [0.15, 0.2) is 11.6 Å². The first-order chi connectivity index (χ1) is 12.0. The first-order valence-electron chi connectivity index (χ1n) is 10.4. The molecule has 25 heavy (non-hydrogen) atoms. The zero-order chi connectivity index (χ0) is 17.7. The molecule has 3 heteroatoms. The first kappa shape index (κ1) is 18.0. The Balaban J connectivity index is 1.67. The van der Waals surface area contributed by atoms with E-state index in [2.05, 4.69) is 13.0 Å². The van der Waals surface area contributed by atoms with Crippen LogP contribution >= 0.6 is 0 Å². The van der Waals surface area contributed by atoms with Crippen LogP contribution in [0.1, 0.15) is 64.7 Å². The predicted octanol–water partition coefficient (Wildman–Crippen LogP) is 4.34. The van der Waals surface area contributed by atoms with Gasteiger partial charge < -0.3 is 14.6 Å². The summed E-state index contributed by atoms with van der Waals surface area (Å²) in [6.07, 6.45) is 13.4. The Bertz CT molecular complexity index is 525. The summed E-state index contributed by atoms with van der Waals surface area (Å²) in [4.78, 5) is 0. The molecule has 0 spiro atoms. The Morgan fingerprint density at radius 1 is 1.12 bits per heavy atom. The third-order valence-electron chi connectivity index (χ3n) is 8.75. The van der Waals surface area contributed by atoms with Gasteiger partial charge in [-0.05, 0) is 86.4 Å². The molecular formula is C22H36O3. The predicted molar refractivity (Wildman–Crippen MR) is 99.3 cm³/mol. The van der Waals surface area contributed by atoms with Crippen LogP contribution in [0.25, 0.3) is 0 Å². The van der Waals surface area contributed by atoms with Crippen LogP contribution in [0.5, 0.6) is 0 Å². The highest BCUT2D eigenvalue weighted by Gasteiger charge is 2.59. The first-order valence-corrected chi connectivity index (χ1v) is 10.4.